The summed E-state index contributed by atoms with van der Waals surface area (Å²) in [6, 6.07) is 0. The van der Waals surface area contributed by atoms with Gasteiger partial charge in [0.2, 0.25) is 0 Å². The molecule has 1 aliphatic heterocycles. The zero-order valence-electron chi connectivity index (χ0n) is 3.86. The highest BCUT2D eigenvalue weighted by Gasteiger charge is 2.45. The molecule has 0 radical (unpaired) electrons. The molecule has 0 spiro atoms. The fraction of sp³-hybridized carbons (Fsp3) is 1.00. The zero-order valence-corrected chi connectivity index (χ0v) is 5.45. The van der Waals surface area contributed by atoms with Crippen LogP contribution in [0.3, 0.4) is 0 Å². The fourth-order valence-electron chi connectivity index (χ4n) is 0.233. The number of rotatable bonds is 0. The van der Waals surface area contributed by atoms with Gasteiger partial charge < -0.3 is 4.74 Å². The van der Waals surface area contributed by atoms with E-state index in [0.29, 0.717) is 5.01 Å². The Kier molecular flexibility index (Phi) is 0.754. The van der Waals surface area contributed by atoms with Crippen molar-refractivity contribution in [2.45, 2.75) is 24.5 Å². The summed E-state index contributed by atoms with van der Waals surface area (Å²) < 4.78 is 5.02. The van der Waals surface area contributed by atoms with Crippen LogP contribution in [-0.4, -0.2) is 10.6 Å². The van der Waals surface area contributed by atoms with Gasteiger partial charge in [-0.05, 0) is 13.8 Å². The van der Waals surface area contributed by atoms with Crippen LogP contribution in [0.5, 0.6) is 0 Å². The number of ether oxygens (including phenoxy) is 1. The predicted molar refractivity (Wildman–Crippen MR) is 27.9 cm³/mol. The van der Waals surface area contributed by atoms with Crippen molar-refractivity contribution in [2.24, 2.45) is 0 Å². The quantitative estimate of drug-likeness (QED) is 0.377. The van der Waals surface area contributed by atoms with E-state index in [-0.39, 0.29) is 5.60 Å². The van der Waals surface area contributed by atoms with Gasteiger partial charge in [-0.1, -0.05) is 15.9 Å². The van der Waals surface area contributed by atoms with Gasteiger partial charge in [-0.3, -0.25) is 0 Å². The Morgan fingerprint density at radius 1 is 1.67 bits per heavy atom. The van der Waals surface area contributed by atoms with Gasteiger partial charge in [0.25, 0.3) is 0 Å². The Balaban J connectivity index is 2.41. The lowest BCUT2D eigenvalue weighted by Gasteiger charge is -1.83. The van der Waals surface area contributed by atoms with E-state index in [1.54, 1.807) is 0 Å². The summed E-state index contributed by atoms with van der Waals surface area (Å²) in [6.45, 7) is 4.10. The summed E-state index contributed by atoms with van der Waals surface area (Å²) in [6.07, 6.45) is 0. The second kappa shape index (κ2) is 0.984. The maximum Gasteiger partial charge on any atom is 0.141 e. The molecule has 0 aromatic rings. The van der Waals surface area contributed by atoms with Crippen molar-refractivity contribution in [2.75, 3.05) is 0 Å². The molecule has 0 aromatic carbocycles. The van der Waals surface area contributed by atoms with Gasteiger partial charge in [0.05, 0.1) is 0 Å². The zero-order chi connectivity index (χ0) is 4.78. The molecular weight excluding hydrogens is 144 g/mol. The minimum Gasteiger partial charge on any atom is -0.354 e. The molecule has 1 unspecified atom stereocenters. The minimum atomic E-state index is 0.125. The van der Waals surface area contributed by atoms with Crippen molar-refractivity contribution in [3.05, 3.63) is 0 Å². The summed E-state index contributed by atoms with van der Waals surface area (Å²) in [5.74, 6) is 0. The van der Waals surface area contributed by atoms with Crippen molar-refractivity contribution < 1.29 is 4.74 Å². The van der Waals surface area contributed by atoms with Crippen molar-refractivity contribution >= 4 is 15.9 Å². The van der Waals surface area contributed by atoms with Gasteiger partial charge in [0.15, 0.2) is 0 Å². The normalized spacial score (nSPS) is 39.5. The molecule has 2 heteroatoms. The van der Waals surface area contributed by atoms with Crippen LogP contribution in [-0.2, 0) is 4.74 Å². The maximum absolute atomic E-state index is 5.02. The molecular formula is C4H7BrO. The third-order valence-corrected chi connectivity index (χ3v) is 2.19. The highest BCUT2D eigenvalue weighted by molar-refractivity contribution is 9.09. The molecule has 0 bridgehead atoms. The molecule has 0 amide bonds. The monoisotopic (exact) mass is 150 g/mol. The van der Waals surface area contributed by atoms with E-state index in [1.807, 2.05) is 13.8 Å². The highest BCUT2D eigenvalue weighted by Crippen LogP contribution is 2.39. The van der Waals surface area contributed by atoms with Crippen LogP contribution in [0.25, 0.3) is 0 Å². The van der Waals surface area contributed by atoms with Crippen LogP contribution in [0.2, 0.25) is 0 Å². The van der Waals surface area contributed by atoms with Gasteiger partial charge in [0.1, 0.15) is 10.6 Å². The summed E-state index contributed by atoms with van der Waals surface area (Å²) in [7, 11) is 0. The van der Waals surface area contributed by atoms with Crippen LogP contribution < -0.4 is 0 Å². The number of hydrogen-bond acceptors (Lipinski definition) is 1. The predicted octanol–water partition coefficient (Wildman–Crippen LogP) is 1.52. The Morgan fingerprint density at radius 3 is 1.83 bits per heavy atom. The van der Waals surface area contributed by atoms with E-state index in [4.69, 9.17) is 4.74 Å². The number of hydrogen-bond donors (Lipinski definition) is 0. The molecule has 0 aromatic heterocycles. The molecule has 0 aliphatic carbocycles. The molecule has 1 fully saturated rings. The third-order valence-electron chi connectivity index (χ3n) is 0.897. The molecule has 0 saturated carbocycles. The van der Waals surface area contributed by atoms with Crippen LogP contribution in [0.1, 0.15) is 13.8 Å². The maximum atomic E-state index is 5.02. The number of halogens is 1. The first-order valence-electron chi connectivity index (χ1n) is 1.95. The first-order valence-corrected chi connectivity index (χ1v) is 2.86. The molecule has 1 aliphatic rings. The first kappa shape index (κ1) is 4.60. The van der Waals surface area contributed by atoms with Crippen LogP contribution in [0.15, 0.2) is 0 Å². The van der Waals surface area contributed by atoms with Crippen LogP contribution in [0, 0.1) is 0 Å². The minimum absolute atomic E-state index is 0.125. The van der Waals surface area contributed by atoms with Crippen LogP contribution in [0.4, 0.5) is 0 Å². The van der Waals surface area contributed by atoms with Crippen molar-refractivity contribution in [1.82, 2.24) is 0 Å². The summed E-state index contributed by atoms with van der Waals surface area (Å²) in [5.41, 5.74) is 0.125. The topological polar surface area (TPSA) is 12.5 Å². The number of epoxide rings is 1. The second-order valence-electron chi connectivity index (χ2n) is 2.04. The van der Waals surface area contributed by atoms with Gasteiger partial charge in [-0.25, -0.2) is 0 Å². The average molecular weight is 151 g/mol. The molecule has 1 nitrogen and oxygen atoms in total. The van der Waals surface area contributed by atoms with Crippen molar-refractivity contribution in [3.63, 3.8) is 0 Å². The number of alkyl halides is 1. The fourth-order valence-corrected chi connectivity index (χ4v) is 0.714. The Morgan fingerprint density at radius 2 is 1.83 bits per heavy atom. The van der Waals surface area contributed by atoms with Crippen molar-refractivity contribution in [3.8, 4) is 0 Å². The summed E-state index contributed by atoms with van der Waals surface area (Å²) in [4.78, 5) is 0. The van der Waals surface area contributed by atoms with Gasteiger partial charge >= 0.3 is 0 Å². The van der Waals surface area contributed by atoms with Gasteiger partial charge in [-0.15, -0.1) is 0 Å². The molecule has 36 valence electrons. The van der Waals surface area contributed by atoms with Gasteiger partial charge in [-0.2, -0.15) is 0 Å². The lowest BCUT2D eigenvalue weighted by molar-refractivity contribution is 0.340. The Labute approximate surface area is 45.8 Å². The lowest BCUT2D eigenvalue weighted by atomic mass is 10.3. The second-order valence-corrected chi connectivity index (χ2v) is 2.87. The average Bonchev–Trinajstić information content (AvgIpc) is 1.73. The smallest absolute Gasteiger partial charge is 0.141 e. The van der Waals surface area contributed by atoms with E-state index < -0.39 is 0 Å². The van der Waals surface area contributed by atoms with Crippen molar-refractivity contribution in [1.29, 1.82) is 0 Å². The molecule has 6 heavy (non-hydrogen) atoms. The highest BCUT2D eigenvalue weighted by atomic mass is 79.9. The standard InChI is InChI=1S/C4H7BrO/c1-4(2)3(5)6-4/h3H,1-2H3. The Bertz CT molecular complexity index is 69.9. The molecule has 1 saturated heterocycles. The molecule has 0 N–H and O–H groups in total. The summed E-state index contributed by atoms with van der Waals surface area (Å²) in [5, 5.41) is 0.310. The van der Waals surface area contributed by atoms with E-state index >= 15 is 0 Å². The Hall–Kier alpha value is 0.440. The van der Waals surface area contributed by atoms with E-state index in [0.717, 1.165) is 0 Å². The van der Waals surface area contributed by atoms with E-state index in [2.05, 4.69) is 15.9 Å². The molecule has 1 atom stereocenters. The van der Waals surface area contributed by atoms with Crippen LogP contribution >= 0.6 is 15.9 Å². The van der Waals surface area contributed by atoms with Gasteiger partial charge in [0, 0.05) is 0 Å². The first-order chi connectivity index (χ1) is 2.63. The SMILES string of the molecule is CC1(C)OC1Br. The molecule has 1 heterocycles. The third kappa shape index (κ3) is 0.590. The van der Waals surface area contributed by atoms with E-state index in [1.165, 1.54) is 0 Å². The molecule has 1 rings (SSSR count). The van der Waals surface area contributed by atoms with E-state index in [9.17, 15) is 0 Å². The lowest BCUT2D eigenvalue weighted by Crippen LogP contribution is -1.95. The largest absolute Gasteiger partial charge is 0.354 e. The summed E-state index contributed by atoms with van der Waals surface area (Å²) >= 11 is 3.28.